The van der Waals surface area contributed by atoms with Crippen molar-refractivity contribution in [1.29, 1.82) is 0 Å². The summed E-state index contributed by atoms with van der Waals surface area (Å²) in [6.07, 6.45) is 1.26. The molecular formula is C8H6ClNO3S. The molecule has 0 spiro atoms. The molecule has 0 saturated heterocycles. The Balaban J connectivity index is 2.75. The molecule has 6 heteroatoms. The number of rotatable bonds is 1. The van der Waals surface area contributed by atoms with Gasteiger partial charge in [-0.3, -0.25) is 0 Å². The third-order valence-corrected chi connectivity index (χ3v) is 3.63. The Morgan fingerprint density at radius 2 is 2.14 bits per heavy atom. The Kier molecular flexibility index (Phi) is 2.01. The number of nitrogens with zero attached hydrogens (tertiary/aromatic N) is 1. The lowest BCUT2D eigenvalue weighted by Gasteiger charge is -2.03. The van der Waals surface area contributed by atoms with Gasteiger partial charge < -0.3 is 4.74 Å². The zero-order valence-electron chi connectivity index (χ0n) is 7.19. The first kappa shape index (κ1) is 9.48. The van der Waals surface area contributed by atoms with Gasteiger partial charge in [-0.15, -0.1) is 0 Å². The summed E-state index contributed by atoms with van der Waals surface area (Å²) in [5.74, 6) is 0.511. The minimum absolute atomic E-state index is 0.0555. The van der Waals surface area contributed by atoms with Gasteiger partial charge in [0.2, 0.25) is 0 Å². The maximum Gasteiger partial charge on any atom is 0.284 e. The molecule has 0 aromatic heterocycles. The monoisotopic (exact) mass is 231 g/mol. The van der Waals surface area contributed by atoms with Gasteiger partial charge in [0.25, 0.3) is 10.0 Å². The van der Waals surface area contributed by atoms with Crippen LogP contribution < -0.4 is 4.74 Å². The molecule has 2 rings (SSSR count). The van der Waals surface area contributed by atoms with E-state index in [9.17, 15) is 8.42 Å². The van der Waals surface area contributed by atoms with Crippen molar-refractivity contribution in [2.45, 2.75) is 4.90 Å². The summed E-state index contributed by atoms with van der Waals surface area (Å²) in [4.78, 5) is 0.0555. The van der Waals surface area contributed by atoms with E-state index >= 15 is 0 Å². The molecule has 74 valence electrons. The third-order valence-electron chi connectivity index (χ3n) is 1.87. The van der Waals surface area contributed by atoms with E-state index in [1.165, 1.54) is 19.4 Å². The largest absolute Gasteiger partial charge is 0.497 e. The van der Waals surface area contributed by atoms with Crippen LogP contribution in [0.3, 0.4) is 0 Å². The van der Waals surface area contributed by atoms with Crippen LogP contribution >= 0.6 is 11.6 Å². The van der Waals surface area contributed by atoms with E-state index in [-0.39, 0.29) is 9.92 Å². The number of hydrogen-bond donors (Lipinski definition) is 0. The van der Waals surface area contributed by atoms with Crippen molar-refractivity contribution >= 4 is 27.8 Å². The van der Waals surface area contributed by atoms with Gasteiger partial charge in [-0.2, -0.15) is 12.8 Å². The summed E-state index contributed by atoms with van der Waals surface area (Å²) in [6.45, 7) is 0. The SMILES string of the molecule is COc1cc(Cl)c2c(c1)C=NS2(=O)=O. The quantitative estimate of drug-likeness (QED) is 0.736. The molecule has 0 radical (unpaired) electrons. The highest BCUT2D eigenvalue weighted by Gasteiger charge is 2.26. The van der Waals surface area contributed by atoms with Crippen LogP contribution in [0.1, 0.15) is 5.56 Å². The van der Waals surface area contributed by atoms with E-state index in [2.05, 4.69) is 4.40 Å². The summed E-state index contributed by atoms with van der Waals surface area (Å²) in [5.41, 5.74) is 0.467. The molecule has 14 heavy (non-hydrogen) atoms. The predicted molar refractivity (Wildman–Crippen MR) is 52.8 cm³/mol. The third kappa shape index (κ3) is 1.29. The fraction of sp³-hybridized carbons (Fsp3) is 0.125. The second-order valence-corrected chi connectivity index (χ2v) is 4.71. The first-order valence-corrected chi connectivity index (χ1v) is 5.54. The molecule has 0 unspecified atom stereocenters. The second kappa shape index (κ2) is 2.96. The van der Waals surface area contributed by atoms with Gasteiger partial charge in [-0.1, -0.05) is 11.6 Å². The van der Waals surface area contributed by atoms with Crippen molar-refractivity contribution < 1.29 is 13.2 Å². The van der Waals surface area contributed by atoms with Gasteiger partial charge >= 0.3 is 0 Å². The van der Waals surface area contributed by atoms with E-state index in [0.717, 1.165) is 0 Å². The van der Waals surface area contributed by atoms with E-state index in [1.54, 1.807) is 6.07 Å². The molecular weight excluding hydrogens is 226 g/mol. The lowest BCUT2D eigenvalue weighted by molar-refractivity contribution is 0.414. The van der Waals surface area contributed by atoms with Gasteiger partial charge in [0.15, 0.2) is 0 Å². The Morgan fingerprint density at radius 3 is 2.79 bits per heavy atom. The molecule has 0 fully saturated rings. The van der Waals surface area contributed by atoms with E-state index in [0.29, 0.717) is 11.3 Å². The maximum atomic E-state index is 11.4. The van der Waals surface area contributed by atoms with E-state index in [1.807, 2.05) is 0 Å². The fourth-order valence-corrected chi connectivity index (χ4v) is 2.84. The van der Waals surface area contributed by atoms with Gasteiger partial charge in [-0.25, -0.2) is 0 Å². The van der Waals surface area contributed by atoms with Crippen LogP contribution in [0.25, 0.3) is 0 Å². The van der Waals surface area contributed by atoms with Crippen LogP contribution in [0.4, 0.5) is 0 Å². The first-order valence-electron chi connectivity index (χ1n) is 3.72. The molecule has 0 N–H and O–H groups in total. The zero-order valence-corrected chi connectivity index (χ0v) is 8.76. The molecule has 1 aliphatic rings. The van der Waals surface area contributed by atoms with Gasteiger partial charge in [0.05, 0.1) is 12.1 Å². The molecule has 0 aliphatic carbocycles. The maximum absolute atomic E-state index is 11.4. The van der Waals surface area contributed by atoms with Crippen LogP contribution in [-0.4, -0.2) is 21.7 Å². The van der Waals surface area contributed by atoms with Crippen LogP contribution in [0.5, 0.6) is 5.75 Å². The van der Waals surface area contributed by atoms with E-state index < -0.39 is 10.0 Å². The summed E-state index contributed by atoms with van der Waals surface area (Å²) < 4.78 is 31.0. The topological polar surface area (TPSA) is 55.7 Å². The number of benzene rings is 1. The van der Waals surface area contributed by atoms with Crippen molar-refractivity contribution in [3.05, 3.63) is 22.7 Å². The molecule has 1 aromatic carbocycles. The van der Waals surface area contributed by atoms with Crippen LogP contribution in [0.2, 0.25) is 5.02 Å². The summed E-state index contributed by atoms with van der Waals surface area (Å²) in [5, 5.41) is 0.136. The lowest BCUT2D eigenvalue weighted by Crippen LogP contribution is -1.95. The van der Waals surface area contributed by atoms with Crippen molar-refractivity contribution in [1.82, 2.24) is 0 Å². The molecule has 4 nitrogen and oxygen atoms in total. The number of hydrogen-bond acceptors (Lipinski definition) is 3. The number of fused-ring (bicyclic) bond motifs is 1. The highest BCUT2D eigenvalue weighted by atomic mass is 35.5. The van der Waals surface area contributed by atoms with Crippen LogP contribution in [0, 0.1) is 0 Å². The molecule has 1 heterocycles. The van der Waals surface area contributed by atoms with Crippen molar-refractivity contribution in [2.24, 2.45) is 4.40 Å². The van der Waals surface area contributed by atoms with Crippen LogP contribution in [0.15, 0.2) is 21.4 Å². The zero-order chi connectivity index (χ0) is 10.3. The molecule has 0 atom stereocenters. The lowest BCUT2D eigenvalue weighted by atomic mass is 10.2. The molecule has 0 saturated carbocycles. The highest BCUT2D eigenvalue weighted by Crippen LogP contribution is 2.33. The number of halogens is 1. The molecule has 1 aliphatic heterocycles. The Labute approximate surface area is 86.2 Å². The number of methoxy groups -OCH3 is 1. The second-order valence-electron chi connectivity index (χ2n) is 2.74. The summed E-state index contributed by atoms with van der Waals surface area (Å²) in [7, 11) is -2.09. The Morgan fingerprint density at radius 1 is 1.43 bits per heavy atom. The standard InChI is InChI=1S/C8H6ClNO3S/c1-13-6-2-5-4-10-14(11,12)8(5)7(9)3-6/h2-4H,1H3. The van der Waals surface area contributed by atoms with Gasteiger partial charge in [0.1, 0.15) is 10.6 Å². The first-order chi connectivity index (χ1) is 6.54. The minimum atomic E-state index is -3.58. The van der Waals surface area contributed by atoms with E-state index in [4.69, 9.17) is 16.3 Å². The van der Waals surface area contributed by atoms with Crippen LogP contribution in [-0.2, 0) is 10.0 Å². The van der Waals surface area contributed by atoms with Gasteiger partial charge in [0, 0.05) is 17.8 Å². The molecule has 0 bridgehead atoms. The average Bonchev–Trinajstić information content (AvgIpc) is 2.42. The van der Waals surface area contributed by atoms with Gasteiger partial charge in [-0.05, 0) is 6.07 Å². The highest BCUT2D eigenvalue weighted by molar-refractivity contribution is 7.90. The smallest absolute Gasteiger partial charge is 0.284 e. The number of ether oxygens (including phenoxy) is 1. The Bertz CT molecular complexity index is 522. The Hall–Kier alpha value is -1.07. The minimum Gasteiger partial charge on any atom is -0.497 e. The van der Waals surface area contributed by atoms with Crippen molar-refractivity contribution in [2.75, 3.05) is 7.11 Å². The predicted octanol–water partition coefficient (Wildman–Crippen LogP) is 1.47. The summed E-state index contributed by atoms with van der Waals surface area (Å²) >= 11 is 5.80. The average molecular weight is 232 g/mol. The van der Waals surface area contributed by atoms with Crippen molar-refractivity contribution in [3.63, 3.8) is 0 Å². The molecule has 0 amide bonds. The fourth-order valence-electron chi connectivity index (χ4n) is 1.25. The summed E-state index contributed by atoms with van der Waals surface area (Å²) in [6, 6.07) is 3.03. The van der Waals surface area contributed by atoms with Crippen molar-refractivity contribution in [3.8, 4) is 5.75 Å². The number of sulfonamides is 1. The molecule has 1 aromatic rings. The normalized spacial score (nSPS) is 16.7.